The van der Waals surface area contributed by atoms with Gasteiger partial charge in [-0.3, -0.25) is 9.69 Å². The van der Waals surface area contributed by atoms with E-state index in [-0.39, 0.29) is 17.1 Å². The minimum atomic E-state index is -1.00. The van der Waals surface area contributed by atoms with Crippen molar-refractivity contribution in [3.8, 4) is 0 Å². The minimum Gasteiger partial charge on any atom is -0.468 e. The molecule has 3 atom stereocenters. The molecular weight excluding hydrogens is 401 g/mol. The van der Waals surface area contributed by atoms with Crippen LogP contribution in [0, 0.1) is 5.92 Å². The number of aliphatic hydroxyl groups is 1. The third-order valence-corrected chi connectivity index (χ3v) is 6.47. The van der Waals surface area contributed by atoms with Crippen LogP contribution in [0.5, 0.6) is 0 Å². The Morgan fingerprint density at radius 2 is 1.87 bits per heavy atom. The van der Waals surface area contributed by atoms with Crippen LogP contribution in [-0.2, 0) is 25.3 Å². The molecule has 0 unspecified atom stereocenters. The summed E-state index contributed by atoms with van der Waals surface area (Å²) in [6.07, 6.45) is 1.19. The highest BCUT2D eigenvalue weighted by atomic mass is 32.1. The van der Waals surface area contributed by atoms with Gasteiger partial charge in [-0.2, -0.15) is 0 Å². The van der Waals surface area contributed by atoms with Crippen molar-refractivity contribution in [2.75, 3.05) is 6.61 Å². The fraction of sp³-hybridized carbons (Fsp3) is 0.545. The predicted octanol–water partition coefficient (Wildman–Crippen LogP) is 2.93. The normalized spacial score (nSPS) is 24.9. The molecule has 1 amide bonds. The van der Waals surface area contributed by atoms with E-state index in [0.29, 0.717) is 13.0 Å². The van der Waals surface area contributed by atoms with Gasteiger partial charge in [0.05, 0.1) is 29.3 Å². The molecule has 0 saturated carbocycles. The summed E-state index contributed by atoms with van der Waals surface area (Å²) in [4.78, 5) is 14.6. The van der Waals surface area contributed by atoms with Gasteiger partial charge in [0, 0.05) is 0 Å². The Hall–Kier alpha value is -1.74. The van der Waals surface area contributed by atoms with E-state index in [2.05, 4.69) is 0 Å². The van der Waals surface area contributed by atoms with Gasteiger partial charge in [-0.25, -0.2) is 0 Å². The first-order valence-corrected chi connectivity index (χ1v) is 10.7. The second-order valence-corrected chi connectivity index (χ2v) is 9.27. The molecule has 30 heavy (non-hydrogen) atoms. The fourth-order valence-corrected chi connectivity index (χ4v) is 3.78. The van der Waals surface area contributed by atoms with Crippen molar-refractivity contribution in [2.45, 2.75) is 64.4 Å². The van der Waals surface area contributed by atoms with Gasteiger partial charge in [0.2, 0.25) is 5.91 Å². The summed E-state index contributed by atoms with van der Waals surface area (Å²) in [6, 6.07) is 9.71. The van der Waals surface area contributed by atoms with Crippen LogP contribution in [0.15, 0.2) is 42.4 Å². The zero-order valence-electron chi connectivity index (χ0n) is 18.2. The Labute approximate surface area is 184 Å². The van der Waals surface area contributed by atoms with Gasteiger partial charge in [-0.15, -0.1) is 0 Å². The number of aliphatic hydroxyl groups excluding tert-OH is 1. The third-order valence-electron chi connectivity index (χ3n) is 6.15. The molecule has 2 fully saturated rings. The van der Waals surface area contributed by atoms with Crippen LogP contribution < -0.4 is 0 Å². The lowest BCUT2D eigenvalue weighted by Crippen LogP contribution is -2.45. The van der Waals surface area contributed by atoms with Crippen LogP contribution in [0.1, 0.15) is 40.2 Å². The molecule has 1 aromatic carbocycles. The number of ether oxygens (including phenoxy) is 1. The number of amides is 1. The lowest BCUT2D eigenvalue weighted by Gasteiger charge is -2.32. The maximum atomic E-state index is 13.1. The van der Waals surface area contributed by atoms with Gasteiger partial charge in [0.25, 0.3) is 5.17 Å². The van der Waals surface area contributed by atoms with Crippen LogP contribution in [0.4, 0.5) is 0 Å². The molecule has 2 aliphatic heterocycles. The number of thiocarbonyl (C=S) groups is 1. The number of hydrogen-bond donors (Lipinski definition) is 1. The molecule has 2 saturated heterocycles. The third kappa shape index (κ3) is 4.77. The van der Waals surface area contributed by atoms with Gasteiger partial charge in [0.1, 0.15) is 6.61 Å². The first-order chi connectivity index (χ1) is 14.0. The summed E-state index contributed by atoms with van der Waals surface area (Å²) in [5.74, 6) is 0.705. The topological polar surface area (TPSA) is 68.2 Å². The van der Waals surface area contributed by atoms with E-state index in [0.717, 1.165) is 5.56 Å². The lowest BCUT2D eigenvalue weighted by molar-refractivity contribution is -0.134. The molecule has 0 bridgehead atoms. The first-order valence-electron chi connectivity index (χ1n) is 10.3. The number of nitrogens with zero attached hydrogens (tertiary/aromatic N) is 1. The second-order valence-electron chi connectivity index (χ2n) is 8.92. The Balaban J connectivity index is 1.64. The smallest absolute Gasteiger partial charge is 0.468 e. The lowest BCUT2D eigenvalue weighted by atomic mass is 9.88. The molecule has 0 aromatic heterocycles. The number of carbonyl (C=O) groups excluding carboxylic acids is 1. The monoisotopic (exact) mass is 431 g/mol. The van der Waals surface area contributed by atoms with Crippen LogP contribution in [0.3, 0.4) is 0 Å². The second kappa shape index (κ2) is 8.79. The average Bonchev–Trinajstić information content (AvgIpc) is 3.14. The SMILES string of the molecule is C[C@H](C(=O)N1C(=S)OC[C@@H]1Cc1ccccc1)[C@H](O)/C=C/B1OC(C)(C)C(C)(C)O1. The van der Waals surface area contributed by atoms with Crippen molar-refractivity contribution in [1.82, 2.24) is 4.90 Å². The first kappa shape index (κ1) is 22.9. The summed E-state index contributed by atoms with van der Waals surface area (Å²) in [7, 11) is -0.575. The molecule has 0 spiro atoms. The van der Waals surface area contributed by atoms with Gasteiger partial charge < -0.3 is 19.2 Å². The highest BCUT2D eigenvalue weighted by Gasteiger charge is 2.50. The van der Waals surface area contributed by atoms with Crippen LogP contribution in [-0.4, -0.2) is 58.2 Å². The molecule has 3 rings (SSSR count). The maximum Gasteiger partial charge on any atom is 0.486 e. The van der Waals surface area contributed by atoms with Crippen LogP contribution in [0.2, 0.25) is 0 Å². The molecule has 162 valence electrons. The van der Waals surface area contributed by atoms with Crippen molar-refractivity contribution >= 4 is 30.4 Å². The number of benzene rings is 1. The van der Waals surface area contributed by atoms with E-state index in [1.54, 1.807) is 19.0 Å². The summed E-state index contributed by atoms with van der Waals surface area (Å²) < 4.78 is 17.3. The fourth-order valence-electron chi connectivity index (χ4n) is 3.47. The Morgan fingerprint density at radius 3 is 2.47 bits per heavy atom. The maximum absolute atomic E-state index is 13.1. The molecule has 8 heteroatoms. The highest BCUT2D eigenvalue weighted by molar-refractivity contribution is 7.80. The average molecular weight is 431 g/mol. The zero-order valence-corrected chi connectivity index (χ0v) is 19.0. The van der Waals surface area contributed by atoms with Crippen molar-refractivity contribution in [3.63, 3.8) is 0 Å². The van der Waals surface area contributed by atoms with Crippen molar-refractivity contribution in [3.05, 3.63) is 47.9 Å². The van der Waals surface area contributed by atoms with E-state index >= 15 is 0 Å². The van der Waals surface area contributed by atoms with E-state index in [1.165, 1.54) is 4.90 Å². The molecular formula is C22H30BNO5S. The molecule has 2 aliphatic rings. The number of rotatable bonds is 6. The van der Waals surface area contributed by atoms with E-state index in [1.807, 2.05) is 58.0 Å². The summed E-state index contributed by atoms with van der Waals surface area (Å²) in [5, 5.41) is 10.8. The summed E-state index contributed by atoms with van der Waals surface area (Å²) in [6.45, 7) is 9.89. The molecule has 1 N–H and O–H groups in total. The van der Waals surface area contributed by atoms with Gasteiger partial charge in [-0.05, 0) is 51.9 Å². The standard InChI is InChI=1S/C22H30BNO5S/c1-15(18(25)11-12-23-28-21(2,3)22(4,5)29-23)19(26)24-17(14-27-20(24)30)13-16-9-7-6-8-10-16/h6-12,15,17-18,25H,13-14H2,1-5H3/b12-11+/t15-,17-,18+/m0/s1. The van der Waals surface area contributed by atoms with Gasteiger partial charge in [0.15, 0.2) is 0 Å². The van der Waals surface area contributed by atoms with Crippen molar-refractivity contribution < 1.29 is 23.9 Å². The Morgan fingerprint density at radius 1 is 1.27 bits per heavy atom. The highest BCUT2D eigenvalue weighted by Crippen LogP contribution is 2.37. The number of hydrogen-bond acceptors (Lipinski definition) is 6. The van der Waals surface area contributed by atoms with Crippen molar-refractivity contribution in [1.29, 1.82) is 0 Å². The van der Waals surface area contributed by atoms with Gasteiger partial charge in [-0.1, -0.05) is 49.3 Å². The van der Waals surface area contributed by atoms with E-state index in [9.17, 15) is 9.90 Å². The van der Waals surface area contributed by atoms with E-state index in [4.69, 9.17) is 26.3 Å². The predicted molar refractivity (Wildman–Crippen MR) is 120 cm³/mol. The van der Waals surface area contributed by atoms with Crippen molar-refractivity contribution in [2.24, 2.45) is 5.92 Å². The Kier molecular flexibility index (Phi) is 6.72. The van der Waals surface area contributed by atoms with Gasteiger partial charge >= 0.3 is 7.12 Å². The van der Waals surface area contributed by atoms with E-state index < -0.39 is 30.3 Å². The Bertz CT molecular complexity index is 797. The van der Waals surface area contributed by atoms with Crippen LogP contribution in [0.25, 0.3) is 0 Å². The zero-order chi connectivity index (χ0) is 22.1. The molecule has 0 radical (unpaired) electrons. The van der Waals surface area contributed by atoms with Crippen LogP contribution >= 0.6 is 12.2 Å². The number of carbonyl (C=O) groups is 1. The molecule has 0 aliphatic carbocycles. The largest absolute Gasteiger partial charge is 0.486 e. The quantitative estimate of drug-likeness (QED) is 0.552. The molecule has 6 nitrogen and oxygen atoms in total. The summed E-state index contributed by atoms with van der Waals surface area (Å²) in [5.41, 5.74) is 0.179. The summed E-state index contributed by atoms with van der Waals surface area (Å²) >= 11 is 5.26. The molecule has 2 heterocycles. The minimum absolute atomic E-state index is 0.162. The molecule has 1 aromatic rings.